The monoisotopic (exact) mass is 272 g/mol. The minimum atomic E-state index is -0.509. The SMILES string of the molecule is CC1CC(C)n2nc(C(N)=O)c(Br)c2N1. The number of amides is 1. The molecule has 2 unspecified atom stereocenters. The third kappa shape index (κ3) is 1.62. The number of nitrogens with one attached hydrogen (secondary N) is 1. The fourth-order valence-corrected chi connectivity index (χ4v) is 2.49. The molecule has 0 aromatic carbocycles. The smallest absolute Gasteiger partial charge is 0.270 e. The van der Waals surface area contributed by atoms with E-state index >= 15 is 0 Å². The van der Waals surface area contributed by atoms with Gasteiger partial charge in [-0.15, -0.1) is 0 Å². The molecule has 0 bridgehead atoms. The summed E-state index contributed by atoms with van der Waals surface area (Å²) < 4.78 is 2.47. The van der Waals surface area contributed by atoms with Crippen molar-refractivity contribution in [3.05, 3.63) is 10.2 Å². The number of hydrogen-bond acceptors (Lipinski definition) is 3. The van der Waals surface area contributed by atoms with Crippen LogP contribution in [0.4, 0.5) is 5.82 Å². The normalized spacial score (nSPS) is 24.5. The van der Waals surface area contributed by atoms with Gasteiger partial charge in [0.1, 0.15) is 5.82 Å². The van der Waals surface area contributed by atoms with Crippen LogP contribution in [-0.2, 0) is 0 Å². The van der Waals surface area contributed by atoms with Crippen LogP contribution in [0.25, 0.3) is 0 Å². The predicted octanol–water partition coefficient (Wildman–Crippen LogP) is 1.51. The molecule has 1 aliphatic heterocycles. The van der Waals surface area contributed by atoms with Crippen LogP contribution >= 0.6 is 15.9 Å². The number of fused-ring (bicyclic) bond motifs is 1. The number of primary amides is 1. The first kappa shape index (κ1) is 10.5. The van der Waals surface area contributed by atoms with Crippen LogP contribution in [0.1, 0.15) is 36.8 Å². The predicted molar refractivity (Wildman–Crippen MR) is 60.9 cm³/mol. The third-order valence-electron chi connectivity index (χ3n) is 2.58. The average molecular weight is 273 g/mol. The van der Waals surface area contributed by atoms with Crippen LogP contribution in [0, 0.1) is 0 Å². The number of halogens is 1. The Hall–Kier alpha value is -1.04. The van der Waals surface area contributed by atoms with Crippen molar-refractivity contribution in [1.82, 2.24) is 9.78 Å². The van der Waals surface area contributed by atoms with E-state index in [1.54, 1.807) is 0 Å². The van der Waals surface area contributed by atoms with Crippen molar-refractivity contribution in [2.75, 3.05) is 5.32 Å². The summed E-state index contributed by atoms with van der Waals surface area (Å²) in [6.07, 6.45) is 0.985. The standard InChI is InChI=1S/C9H13BrN4O/c1-4-3-5(2)14-9(12-4)6(10)7(13-14)8(11)15/h4-5,12H,3H2,1-2H3,(H2,11,15). The molecular weight excluding hydrogens is 260 g/mol. The van der Waals surface area contributed by atoms with Crippen molar-refractivity contribution in [2.24, 2.45) is 5.73 Å². The largest absolute Gasteiger partial charge is 0.367 e. The molecule has 82 valence electrons. The lowest BCUT2D eigenvalue weighted by Crippen LogP contribution is -2.28. The number of anilines is 1. The first-order chi connectivity index (χ1) is 7.00. The molecule has 2 heterocycles. The molecule has 1 aliphatic rings. The minimum absolute atomic E-state index is 0.278. The highest BCUT2D eigenvalue weighted by Gasteiger charge is 2.27. The Morgan fingerprint density at radius 1 is 1.67 bits per heavy atom. The second-order valence-electron chi connectivity index (χ2n) is 3.95. The van der Waals surface area contributed by atoms with Gasteiger partial charge in [-0.25, -0.2) is 4.68 Å². The van der Waals surface area contributed by atoms with Gasteiger partial charge in [-0.2, -0.15) is 5.10 Å². The Kier molecular flexibility index (Phi) is 2.46. The van der Waals surface area contributed by atoms with Crippen LogP contribution in [0.3, 0.4) is 0 Å². The minimum Gasteiger partial charge on any atom is -0.367 e. The van der Waals surface area contributed by atoms with Gasteiger partial charge in [-0.05, 0) is 36.2 Å². The average Bonchev–Trinajstić information content (AvgIpc) is 2.44. The molecular formula is C9H13BrN4O. The van der Waals surface area contributed by atoms with Crippen molar-refractivity contribution in [2.45, 2.75) is 32.4 Å². The van der Waals surface area contributed by atoms with Crippen molar-refractivity contribution < 1.29 is 4.79 Å². The molecule has 3 N–H and O–H groups in total. The number of aromatic nitrogens is 2. The first-order valence-corrected chi connectivity index (χ1v) is 5.64. The quantitative estimate of drug-likeness (QED) is 0.814. The first-order valence-electron chi connectivity index (χ1n) is 4.85. The summed E-state index contributed by atoms with van der Waals surface area (Å²) in [7, 11) is 0. The fraction of sp³-hybridized carbons (Fsp3) is 0.556. The molecule has 15 heavy (non-hydrogen) atoms. The van der Waals surface area contributed by atoms with E-state index in [1.165, 1.54) is 0 Å². The van der Waals surface area contributed by atoms with E-state index in [-0.39, 0.29) is 6.04 Å². The molecule has 0 aliphatic carbocycles. The Bertz CT molecular complexity index is 414. The molecule has 1 amide bonds. The molecule has 1 aromatic rings. The van der Waals surface area contributed by atoms with Crippen LogP contribution in [0.2, 0.25) is 0 Å². The summed E-state index contributed by atoms with van der Waals surface area (Å²) in [4.78, 5) is 11.1. The summed E-state index contributed by atoms with van der Waals surface area (Å²) in [6, 6.07) is 0.655. The molecule has 0 fully saturated rings. The van der Waals surface area contributed by atoms with Crippen molar-refractivity contribution >= 4 is 27.7 Å². The number of nitrogens with two attached hydrogens (primary N) is 1. The van der Waals surface area contributed by atoms with Gasteiger partial charge < -0.3 is 11.1 Å². The molecule has 0 radical (unpaired) electrons. The van der Waals surface area contributed by atoms with Crippen LogP contribution < -0.4 is 11.1 Å². The molecule has 0 spiro atoms. The highest BCUT2D eigenvalue weighted by molar-refractivity contribution is 9.10. The summed E-state index contributed by atoms with van der Waals surface area (Å²) in [5.74, 6) is 0.334. The number of hydrogen-bond donors (Lipinski definition) is 2. The number of rotatable bonds is 1. The van der Waals surface area contributed by atoms with Gasteiger partial charge in [0, 0.05) is 6.04 Å². The Morgan fingerprint density at radius 3 is 2.93 bits per heavy atom. The van der Waals surface area contributed by atoms with Gasteiger partial charge in [0.2, 0.25) is 0 Å². The lowest BCUT2D eigenvalue weighted by molar-refractivity contribution is 0.0994. The van der Waals surface area contributed by atoms with E-state index in [1.807, 2.05) is 4.68 Å². The van der Waals surface area contributed by atoms with Gasteiger partial charge in [0.25, 0.3) is 5.91 Å². The van der Waals surface area contributed by atoms with E-state index in [2.05, 4.69) is 40.2 Å². The molecule has 6 heteroatoms. The molecule has 1 aromatic heterocycles. The van der Waals surface area contributed by atoms with Gasteiger partial charge in [0.15, 0.2) is 5.69 Å². The summed E-state index contributed by atoms with van der Waals surface area (Å²) >= 11 is 3.35. The Morgan fingerprint density at radius 2 is 2.33 bits per heavy atom. The molecule has 0 saturated heterocycles. The lowest BCUT2D eigenvalue weighted by Gasteiger charge is -2.27. The van der Waals surface area contributed by atoms with Crippen LogP contribution in [0.5, 0.6) is 0 Å². The second kappa shape index (κ2) is 3.52. The topological polar surface area (TPSA) is 72.9 Å². The fourth-order valence-electron chi connectivity index (χ4n) is 1.92. The zero-order valence-corrected chi connectivity index (χ0v) is 10.2. The van der Waals surface area contributed by atoms with Crippen LogP contribution in [0.15, 0.2) is 4.47 Å². The summed E-state index contributed by atoms with van der Waals surface area (Å²) in [5, 5.41) is 7.48. The van der Waals surface area contributed by atoms with Crippen molar-refractivity contribution in [3.63, 3.8) is 0 Å². The number of carbonyl (C=O) groups excluding carboxylic acids is 1. The summed E-state index contributed by atoms with van der Waals surface area (Å²) in [5.41, 5.74) is 5.52. The molecule has 0 saturated carbocycles. The van der Waals surface area contributed by atoms with Crippen molar-refractivity contribution in [3.8, 4) is 0 Å². The second-order valence-corrected chi connectivity index (χ2v) is 4.74. The number of carbonyl (C=O) groups is 1. The Labute approximate surface area is 96.1 Å². The van der Waals surface area contributed by atoms with Gasteiger partial charge >= 0.3 is 0 Å². The van der Waals surface area contributed by atoms with E-state index in [0.29, 0.717) is 16.2 Å². The maximum atomic E-state index is 11.1. The maximum absolute atomic E-state index is 11.1. The molecule has 2 atom stereocenters. The van der Waals surface area contributed by atoms with E-state index in [0.717, 1.165) is 12.2 Å². The number of nitrogens with zero attached hydrogens (tertiary/aromatic N) is 2. The third-order valence-corrected chi connectivity index (χ3v) is 3.33. The summed E-state index contributed by atoms with van der Waals surface area (Å²) in [6.45, 7) is 4.18. The maximum Gasteiger partial charge on any atom is 0.270 e. The van der Waals surface area contributed by atoms with Gasteiger partial charge in [-0.3, -0.25) is 4.79 Å². The zero-order valence-electron chi connectivity index (χ0n) is 8.62. The highest BCUT2D eigenvalue weighted by atomic mass is 79.9. The molecule has 5 nitrogen and oxygen atoms in total. The lowest BCUT2D eigenvalue weighted by atomic mass is 10.1. The highest BCUT2D eigenvalue weighted by Crippen LogP contribution is 2.34. The zero-order chi connectivity index (χ0) is 11.2. The van der Waals surface area contributed by atoms with E-state index in [9.17, 15) is 4.79 Å². The van der Waals surface area contributed by atoms with E-state index < -0.39 is 5.91 Å². The van der Waals surface area contributed by atoms with Crippen molar-refractivity contribution in [1.29, 1.82) is 0 Å². The van der Waals surface area contributed by atoms with E-state index in [4.69, 9.17) is 5.73 Å². The molecule has 2 rings (SSSR count). The van der Waals surface area contributed by atoms with Crippen LogP contribution in [-0.4, -0.2) is 21.7 Å². The van der Waals surface area contributed by atoms with Gasteiger partial charge in [0.05, 0.1) is 10.5 Å². The van der Waals surface area contributed by atoms with Gasteiger partial charge in [-0.1, -0.05) is 0 Å². The Balaban J connectivity index is 2.52.